The molecule has 43 heavy (non-hydrogen) atoms. The lowest BCUT2D eigenvalue weighted by Gasteiger charge is -2.37. The summed E-state index contributed by atoms with van der Waals surface area (Å²) in [7, 11) is -1.70. The van der Waals surface area contributed by atoms with Crippen molar-refractivity contribution in [1.29, 1.82) is 0 Å². The molecule has 8 rings (SSSR count). The van der Waals surface area contributed by atoms with E-state index < -0.39 is 10.0 Å². The molecule has 1 aliphatic heterocycles. The van der Waals surface area contributed by atoms with Crippen molar-refractivity contribution in [2.45, 2.75) is 69.2 Å². The Bertz CT molecular complexity index is 1870. The van der Waals surface area contributed by atoms with Gasteiger partial charge in [0.25, 0.3) is 5.91 Å². The Morgan fingerprint density at radius 3 is 2.65 bits per heavy atom. The Labute approximate surface area is 250 Å². The zero-order valence-electron chi connectivity index (χ0n) is 24.4. The van der Waals surface area contributed by atoms with Crippen LogP contribution in [0.2, 0.25) is 0 Å². The highest BCUT2D eigenvalue weighted by Crippen LogP contribution is 2.44. The lowest BCUT2D eigenvalue weighted by atomic mass is 9.87. The van der Waals surface area contributed by atoms with Crippen LogP contribution in [-0.4, -0.2) is 76.4 Å². The van der Waals surface area contributed by atoms with Crippen LogP contribution >= 0.6 is 0 Å². The number of benzene rings is 1. The van der Waals surface area contributed by atoms with Crippen LogP contribution in [0.3, 0.4) is 0 Å². The summed E-state index contributed by atoms with van der Waals surface area (Å²) in [6, 6.07) is 9.85. The first-order valence-corrected chi connectivity index (χ1v) is 17.2. The van der Waals surface area contributed by atoms with E-state index in [-0.39, 0.29) is 30.1 Å². The van der Waals surface area contributed by atoms with Crippen molar-refractivity contribution < 1.29 is 17.9 Å². The minimum absolute atomic E-state index is 0.00219. The summed E-state index contributed by atoms with van der Waals surface area (Å²) in [5, 5.41) is 1.05. The van der Waals surface area contributed by atoms with Gasteiger partial charge in [-0.2, -0.15) is 0 Å². The van der Waals surface area contributed by atoms with E-state index >= 15 is 0 Å². The number of amides is 1. The van der Waals surface area contributed by atoms with Crippen LogP contribution in [0.4, 0.5) is 0 Å². The number of likely N-dealkylation sites (tertiary alicyclic amines) is 1. The molecule has 11 nitrogen and oxygen atoms in total. The largest absolute Gasteiger partial charge is 0.494 e. The van der Waals surface area contributed by atoms with E-state index in [0.29, 0.717) is 48.1 Å². The molecule has 4 aromatic rings. The standard InChI is InChI=1S/C31H37N7O4S/c1-42-26-12-20(31(39)37-16-19-7-8-24(37)27(19)32)10-23-28(26)38(22-13-21(14-22)35-43(2,40)41)30(34-23)25-11-18-4-3-9-33-29(18)36(25)15-17-5-6-17/h3-4,9-12,17,19,21-22,24,27,35H,5-8,13-16,32H2,1-2H3/t19?,21?,22?,24?,27-/m1/s1. The van der Waals surface area contributed by atoms with Crippen LogP contribution in [0.1, 0.15) is 54.9 Å². The second-order valence-corrected chi connectivity index (χ2v) is 14.8. The number of sulfonamides is 1. The number of fused-ring (bicyclic) bond motifs is 4. The second-order valence-electron chi connectivity index (χ2n) is 13.0. The number of carbonyl (C=O) groups is 1. The van der Waals surface area contributed by atoms with E-state index in [0.717, 1.165) is 47.5 Å². The third kappa shape index (κ3) is 4.53. The number of carbonyl (C=O) groups excluding carboxylic acids is 1. The molecule has 2 bridgehead atoms. The number of nitrogens with one attached hydrogen (secondary N) is 1. The summed E-state index contributed by atoms with van der Waals surface area (Å²) in [6.07, 6.45) is 8.70. The van der Waals surface area contributed by atoms with Crippen LogP contribution in [0, 0.1) is 11.8 Å². The van der Waals surface area contributed by atoms with Gasteiger partial charge in [-0.05, 0) is 80.7 Å². The molecule has 3 atom stereocenters. The van der Waals surface area contributed by atoms with Gasteiger partial charge in [-0.3, -0.25) is 4.79 Å². The van der Waals surface area contributed by atoms with Crippen LogP contribution < -0.4 is 15.2 Å². The molecule has 3 aliphatic carbocycles. The number of ether oxygens (including phenoxy) is 1. The molecule has 1 saturated heterocycles. The SMILES string of the molecule is COc1cc(C(=O)N2CC3CCC2[C@@H]3N)cc2nc(-c3cc4cccnc4n3CC3CC3)n(C3CC(NS(C)(=O)=O)C3)c12. The molecule has 0 radical (unpaired) electrons. The number of nitrogens with two attached hydrogens (primary N) is 1. The normalized spacial score (nSPS) is 26.9. The van der Waals surface area contributed by atoms with Crippen molar-refractivity contribution in [2.24, 2.45) is 17.6 Å². The van der Waals surface area contributed by atoms with E-state index in [1.807, 2.05) is 29.3 Å². The summed E-state index contributed by atoms with van der Waals surface area (Å²) < 4.78 is 37.1. The molecule has 3 N–H and O–H groups in total. The smallest absolute Gasteiger partial charge is 0.254 e. The van der Waals surface area contributed by atoms with Gasteiger partial charge in [0, 0.05) is 54.4 Å². The van der Waals surface area contributed by atoms with Crippen LogP contribution in [0.15, 0.2) is 36.5 Å². The molecule has 4 fully saturated rings. The van der Waals surface area contributed by atoms with Crippen LogP contribution in [0.25, 0.3) is 33.6 Å². The third-order valence-corrected chi connectivity index (χ3v) is 10.8. The fourth-order valence-corrected chi connectivity index (χ4v) is 8.47. The molecule has 3 saturated carbocycles. The Hall–Kier alpha value is -3.48. The molecule has 4 heterocycles. The zero-order valence-corrected chi connectivity index (χ0v) is 25.3. The quantitative estimate of drug-likeness (QED) is 0.315. The summed E-state index contributed by atoms with van der Waals surface area (Å²) in [5.41, 5.74) is 10.4. The molecular formula is C31H37N7O4S. The number of hydrogen-bond acceptors (Lipinski definition) is 7. The number of aromatic nitrogens is 4. The number of methoxy groups -OCH3 is 1. The van der Waals surface area contributed by atoms with Gasteiger partial charge in [-0.15, -0.1) is 0 Å². The van der Waals surface area contributed by atoms with Gasteiger partial charge in [-0.1, -0.05) is 0 Å². The molecule has 3 aromatic heterocycles. The first-order chi connectivity index (χ1) is 20.7. The van der Waals surface area contributed by atoms with Crippen molar-refractivity contribution in [3.8, 4) is 17.3 Å². The molecule has 4 aliphatic rings. The van der Waals surface area contributed by atoms with Gasteiger partial charge < -0.3 is 24.5 Å². The van der Waals surface area contributed by atoms with Gasteiger partial charge in [0.05, 0.1) is 24.6 Å². The highest BCUT2D eigenvalue weighted by atomic mass is 32.2. The van der Waals surface area contributed by atoms with Crippen molar-refractivity contribution in [2.75, 3.05) is 19.9 Å². The molecule has 12 heteroatoms. The second kappa shape index (κ2) is 9.76. The first-order valence-electron chi connectivity index (χ1n) is 15.3. The number of rotatable bonds is 8. The van der Waals surface area contributed by atoms with E-state index in [4.69, 9.17) is 20.4 Å². The van der Waals surface area contributed by atoms with Crippen molar-refractivity contribution in [3.63, 3.8) is 0 Å². The fraction of sp³-hybridized carbons (Fsp3) is 0.516. The van der Waals surface area contributed by atoms with E-state index in [2.05, 4.69) is 26.0 Å². The van der Waals surface area contributed by atoms with Crippen molar-refractivity contribution >= 4 is 38.0 Å². The predicted octanol–water partition coefficient (Wildman–Crippen LogP) is 3.29. The van der Waals surface area contributed by atoms with E-state index in [9.17, 15) is 13.2 Å². The monoisotopic (exact) mass is 603 g/mol. The highest BCUT2D eigenvalue weighted by Gasteiger charge is 2.47. The van der Waals surface area contributed by atoms with Crippen LogP contribution in [-0.2, 0) is 16.6 Å². The van der Waals surface area contributed by atoms with E-state index in [1.165, 1.54) is 19.1 Å². The molecule has 226 valence electrons. The maximum atomic E-state index is 13.8. The average molecular weight is 604 g/mol. The number of hydrogen-bond donors (Lipinski definition) is 2. The minimum Gasteiger partial charge on any atom is -0.494 e. The Kier molecular flexibility index (Phi) is 6.15. The van der Waals surface area contributed by atoms with Gasteiger partial charge in [-0.25, -0.2) is 23.1 Å². The minimum atomic E-state index is -3.32. The van der Waals surface area contributed by atoms with E-state index in [1.54, 1.807) is 7.11 Å². The summed E-state index contributed by atoms with van der Waals surface area (Å²) in [6.45, 7) is 1.55. The van der Waals surface area contributed by atoms with Gasteiger partial charge in [0.2, 0.25) is 10.0 Å². The third-order valence-electron chi connectivity index (χ3n) is 10.0. The Morgan fingerprint density at radius 1 is 1.16 bits per heavy atom. The first kappa shape index (κ1) is 27.1. The zero-order chi connectivity index (χ0) is 29.6. The topological polar surface area (TPSA) is 137 Å². The van der Waals surface area contributed by atoms with Crippen LogP contribution in [0.5, 0.6) is 5.75 Å². The number of imidazole rings is 1. The maximum absolute atomic E-state index is 13.8. The summed E-state index contributed by atoms with van der Waals surface area (Å²) >= 11 is 0. The predicted molar refractivity (Wildman–Crippen MR) is 163 cm³/mol. The summed E-state index contributed by atoms with van der Waals surface area (Å²) in [4.78, 5) is 25.7. The van der Waals surface area contributed by atoms with Crippen molar-refractivity contribution in [3.05, 3.63) is 42.1 Å². The van der Waals surface area contributed by atoms with Gasteiger partial charge >= 0.3 is 0 Å². The Morgan fingerprint density at radius 2 is 1.98 bits per heavy atom. The van der Waals surface area contributed by atoms with Crippen molar-refractivity contribution in [1.82, 2.24) is 28.7 Å². The average Bonchev–Trinajstić information content (AvgIpc) is 3.30. The lowest BCUT2D eigenvalue weighted by Crippen LogP contribution is -2.44. The fourth-order valence-electron chi connectivity index (χ4n) is 7.67. The molecule has 2 unspecified atom stereocenters. The molecule has 1 amide bonds. The summed E-state index contributed by atoms with van der Waals surface area (Å²) in [5.74, 6) is 2.30. The molecule has 1 aromatic carbocycles. The Balaban J connectivity index is 1.27. The molecular weight excluding hydrogens is 566 g/mol. The van der Waals surface area contributed by atoms with Gasteiger partial charge in [0.1, 0.15) is 16.9 Å². The number of pyridine rings is 1. The lowest BCUT2D eigenvalue weighted by molar-refractivity contribution is 0.0700. The van der Waals surface area contributed by atoms with Gasteiger partial charge in [0.15, 0.2) is 5.82 Å². The number of nitrogens with zero attached hydrogens (tertiary/aromatic N) is 5. The maximum Gasteiger partial charge on any atom is 0.254 e. The number of piperidine rings is 1. The molecule has 0 spiro atoms. The highest BCUT2D eigenvalue weighted by molar-refractivity contribution is 7.88.